The van der Waals surface area contributed by atoms with Gasteiger partial charge < -0.3 is 9.80 Å². The van der Waals surface area contributed by atoms with Crippen LogP contribution in [0.1, 0.15) is 24.0 Å². The molecule has 2 aromatic carbocycles. The highest BCUT2D eigenvalue weighted by Crippen LogP contribution is 2.12. The number of nitrogens with one attached hydrogen (secondary N) is 2. The molecular weight excluding hydrogens is 436 g/mol. The maximum Gasteiger partial charge on any atom is 0.240 e. The second kappa shape index (κ2) is 13.9. The first-order valence-electron chi connectivity index (χ1n) is 10.6. The van der Waals surface area contributed by atoms with Gasteiger partial charge in [0.25, 0.3) is 0 Å². The third-order valence-electron chi connectivity index (χ3n) is 4.57. The van der Waals surface area contributed by atoms with Crippen LogP contribution in [0.15, 0.2) is 58.7 Å². The lowest BCUT2D eigenvalue weighted by Gasteiger charge is -2.11. The number of carbonyl (C=O) groups excluding carboxylic acids is 2. The highest BCUT2D eigenvalue weighted by molar-refractivity contribution is 7.99. The molecule has 176 valence electrons. The molecule has 2 aromatic rings. The molecule has 0 fully saturated rings. The summed E-state index contributed by atoms with van der Waals surface area (Å²) < 4.78 is 0. The minimum atomic E-state index is -0.155. The van der Waals surface area contributed by atoms with E-state index in [1.165, 1.54) is 0 Å². The first-order chi connectivity index (χ1) is 15.8. The Morgan fingerprint density at radius 3 is 1.42 bits per heavy atom. The summed E-state index contributed by atoms with van der Waals surface area (Å²) in [4.78, 5) is 27.8. The molecule has 0 radical (unpaired) electrons. The number of thioether (sulfide) groups is 1. The molecule has 0 unspecified atom stereocenters. The van der Waals surface area contributed by atoms with E-state index in [4.69, 9.17) is 0 Å². The zero-order chi connectivity index (χ0) is 24.1. The van der Waals surface area contributed by atoms with E-state index in [0.29, 0.717) is 24.3 Å². The fourth-order valence-electron chi connectivity index (χ4n) is 2.62. The molecule has 2 N–H and O–H groups in total. The van der Waals surface area contributed by atoms with Crippen LogP contribution >= 0.6 is 11.8 Å². The molecular formula is C24H32N6O2S. The summed E-state index contributed by atoms with van der Waals surface area (Å²) >= 11 is 1.54. The maximum absolute atomic E-state index is 11.9. The van der Waals surface area contributed by atoms with E-state index in [2.05, 4.69) is 21.1 Å². The average Bonchev–Trinajstić information content (AvgIpc) is 2.79. The topological polar surface area (TPSA) is 89.4 Å². The van der Waals surface area contributed by atoms with Crippen LogP contribution in [0.5, 0.6) is 0 Å². The minimum Gasteiger partial charge on any atom is -0.378 e. The number of anilines is 2. The Labute approximate surface area is 200 Å². The van der Waals surface area contributed by atoms with Crippen molar-refractivity contribution in [2.24, 2.45) is 10.2 Å². The first kappa shape index (κ1) is 25.9. The molecule has 0 heterocycles. The van der Waals surface area contributed by atoms with Gasteiger partial charge in [0.2, 0.25) is 11.8 Å². The summed E-state index contributed by atoms with van der Waals surface area (Å²) in [6, 6.07) is 15.7. The van der Waals surface area contributed by atoms with Gasteiger partial charge in [0.05, 0.1) is 12.4 Å². The smallest absolute Gasteiger partial charge is 0.240 e. The minimum absolute atomic E-state index is 0.155. The van der Waals surface area contributed by atoms with Crippen LogP contribution in [0.4, 0.5) is 11.4 Å². The third kappa shape index (κ3) is 10.2. The Morgan fingerprint density at radius 1 is 0.727 bits per heavy atom. The van der Waals surface area contributed by atoms with Gasteiger partial charge in [-0.2, -0.15) is 22.0 Å². The molecule has 0 aliphatic rings. The first-order valence-corrected chi connectivity index (χ1v) is 11.8. The van der Waals surface area contributed by atoms with Crippen molar-refractivity contribution in [3.05, 3.63) is 59.7 Å². The fraction of sp³-hybridized carbons (Fsp3) is 0.333. The summed E-state index contributed by atoms with van der Waals surface area (Å²) in [6.07, 6.45) is 3.91. The normalized spacial score (nSPS) is 11.0. The van der Waals surface area contributed by atoms with E-state index in [0.717, 1.165) is 22.5 Å². The summed E-state index contributed by atoms with van der Waals surface area (Å²) in [5.74, 6) is 0.928. The van der Waals surface area contributed by atoms with E-state index in [-0.39, 0.29) is 11.8 Å². The van der Waals surface area contributed by atoms with Crippen LogP contribution < -0.4 is 20.7 Å². The fourth-order valence-corrected chi connectivity index (χ4v) is 3.48. The summed E-state index contributed by atoms with van der Waals surface area (Å²) in [7, 11) is 7.92. The number of hydrogen-bond donors (Lipinski definition) is 2. The lowest BCUT2D eigenvalue weighted by molar-refractivity contribution is -0.121. The Bertz CT molecular complexity index is 863. The van der Waals surface area contributed by atoms with Gasteiger partial charge in [-0.25, -0.2) is 10.9 Å². The highest BCUT2D eigenvalue weighted by Gasteiger charge is 2.03. The summed E-state index contributed by atoms with van der Waals surface area (Å²) in [5.41, 5.74) is 9.08. The van der Waals surface area contributed by atoms with E-state index < -0.39 is 0 Å². The zero-order valence-corrected chi connectivity index (χ0v) is 20.4. The predicted octanol–water partition coefficient (Wildman–Crippen LogP) is 2.93. The molecule has 0 saturated carbocycles. The largest absolute Gasteiger partial charge is 0.378 e. The van der Waals surface area contributed by atoms with Crippen LogP contribution in [-0.4, -0.2) is 63.9 Å². The van der Waals surface area contributed by atoms with Gasteiger partial charge in [-0.05, 0) is 35.4 Å². The summed E-state index contributed by atoms with van der Waals surface area (Å²) in [5, 5.41) is 7.97. The van der Waals surface area contributed by atoms with Gasteiger partial charge in [0.1, 0.15) is 0 Å². The van der Waals surface area contributed by atoms with Crippen LogP contribution in [0, 0.1) is 0 Å². The Balaban J connectivity index is 1.56. The highest BCUT2D eigenvalue weighted by atomic mass is 32.2. The molecule has 0 aliphatic carbocycles. The number of hydrogen-bond acceptors (Lipinski definition) is 7. The van der Waals surface area contributed by atoms with E-state index in [1.54, 1.807) is 24.2 Å². The van der Waals surface area contributed by atoms with E-state index >= 15 is 0 Å². The second-order valence-corrected chi connectivity index (χ2v) is 8.90. The van der Waals surface area contributed by atoms with Crippen molar-refractivity contribution >= 4 is 47.4 Å². The van der Waals surface area contributed by atoms with E-state index in [9.17, 15) is 9.59 Å². The van der Waals surface area contributed by atoms with Crippen LogP contribution in [0.25, 0.3) is 0 Å². The third-order valence-corrected chi connectivity index (χ3v) is 5.56. The molecule has 9 heteroatoms. The standard InChI is InChI=1S/C24H32N6O2S/c1-29(2)21-9-5-19(6-10-21)17-25-27-23(31)13-15-33-16-14-24(32)28-26-18-20-7-11-22(12-8-20)30(3)4/h5-12,17-18H,13-16H2,1-4H3,(H,27,31)(H,28,32)/b25-17-,26-18-. The van der Waals surface area contributed by atoms with Crippen LogP contribution in [0.3, 0.4) is 0 Å². The van der Waals surface area contributed by atoms with Crippen molar-refractivity contribution in [2.75, 3.05) is 49.5 Å². The number of benzene rings is 2. The molecule has 0 bridgehead atoms. The van der Waals surface area contributed by atoms with Crippen molar-refractivity contribution in [1.82, 2.24) is 10.9 Å². The summed E-state index contributed by atoms with van der Waals surface area (Å²) in [6.45, 7) is 0. The van der Waals surface area contributed by atoms with Gasteiger partial charge in [0.15, 0.2) is 0 Å². The lowest BCUT2D eigenvalue weighted by atomic mass is 10.2. The number of amides is 2. The van der Waals surface area contributed by atoms with Gasteiger partial charge in [-0.1, -0.05) is 24.3 Å². The SMILES string of the molecule is CN(C)c1ccc(/C=N\NC(=O)CCSCCC(=O)N/N=C\c2ccc(N(C)C)cc2)cc1. The Hall–Kier alpha value is -3.33. The van der Waals surface area contributed by atoms with Crippen LogP contribution in [0.2, 0.25) is 0 Å². The van der Waals surface area contributed by atoms with Gasteiger partial charge in [-0.3, -0.25) is 9.59 Å². The number of hydrazone groups is 2. The van der Waals surface area contributed by atoms with Crippen molar-refractivity contribution in [3.8, 4) is 0 Å². The molecule has 33 heavy (non-hydrogen) atoms. The quantitative estimate of drug-likeness (QED) is 0.284. The molecule has 0 aliphatic heterocycles. The van der Waals surface area contributed by atoms with Gasteiger partial charge >= 0.3 is 0 Å². The molecule has 0 saturated heterocycles. The van der Waals surface area contributed by atoms with Crippen LogP contribution in [-0.2, 0) is 9.59 Å². The number of rotatable bonds is 12. The van der Waals surface area contributed by atoms with Crippen molar-refractivity contribution < 1.29 is 9.59 Å². The van der Waals surface area contributed by atoms with Gasteiger partial charge in [0, 0.05) is 63.9 Å². The van der Waals surface area contributed by atoms with Gasteiger partial charge in [-0.15, -0.1) is 0 Å². The molecule has 2 amide bonds. The Kier molecular flexibility index (Phi) is 11.0. The molecule has 2 rings (SSSR count). The zero-order valence-electron chi connectivity index (χ0n) is 19.6. The second-order valence-electron chi connectivity index (χ2n) is 7.67. The van der Waals surface area contributed by atoms with E-state index in [1.807, 2.05) is 86.5 Å². The molecule has 0 atom stereocenters. The van der Waals surface area contributed by atoms with Crippen molar-refractivity contribution in [1.29, 1.82) is 0 Å². The Morgan fingerprint density at radius 2 is 1.09 bits per heavy atom. The number of carbonyl (C=O) groups is 2. The molecule has 8 nitrogen and oxygen atoms in total. The molecule has 0 spiro atoms. The maximum atomic E-state index is 11.9. The van der Waals surface area contributed by atoms with Crippen molar-refractivity contribution in [2.45, 2.75) is 12.8 Å². The molecule has 0 aromatic heterocycles. The van der Waals surface area contributed by atoms with Crippen molar-refractivity contribution in [3.63, 3.8) is 0 Å². The monoisotopic (exact) mass is 468 g/mol. The number of nitrogens with zero attached hydrogens (tertiary/aromatic N) is 4. The predicted molar refractivity (Wildman–Crippen MR) is 140 cm³/mol. The average molecular weight is 469 g/mol. The lowest BCUT2D eigenvalue weighted by Crippen LogP contribution is -2.19.